The molecule has 0 N–H and O–H groups in total. The number of hydrogen-bond donors (Lipinski definition) is 0. The largest absolute Gasteiger partial charge is 0.508 e. The molecule has 0 saturated carbocycles. The lowest BCUT2D eigenvalue weighted by Crippen LogP contribution is -2.05. The van der Waals surface area contributed by atoms with Gasteiger partial charge in [-0.15, -0.1) is 0 Å². The summed E-state index contributed by atoms with van der Waals surface area (Å²) in [5.74, 6) is -1.99. The quantitative estimate of drug-likeness (QED) is 0.690. The number of methoxy groups -OCH3 is 1. The summed E-state index contributed by atoms with van der Waals surface area (Å²) in [6.45, 7) is -0.351. The van der Waals surface area contributed by atoms with Gasteiger partial charge in [0.05, 0.1) is 7.11 Å². The van der Waals surface area contributed by atoms with E-state index in [-0.39, 0.29) is 12.2 Å². The van der Waals surface area contributed by atoms with Gasteiger partial charge in [0.1, 0.15) is 6.61 Å². The molecule has 76 valence electrons. The standard InChI is InChI=1S/C9H8F2O3/c1-13-9(12)14-5-6-3-2-4-7(10)8(6)11/h2-4H,5H2,1H3. The molecule has 1 aromatic rings. The molecule has 1 aromatic carbocycles. The number of rotatable bonds is 2. The molecule has 0 spiro atoms. The SMILES string of the molecule is COC(=O)OCc1cccc(F)c1F. The average molecular weight is 202 g/mol. The Hall–Kier alpha value is -1.65. The van der Waals surface area contributed by atoms with Crippen LogP contribution in [0.5, 0.6) is 0 Å². The zero-order chi connectivity index (χ0) is 10.6. The number of carbonyl (C=O) groups excluding carboxylic acids is 1. The Morgan fingerprint density at radius 1 is 1.43 bits per heavy atom. The lowest BCUT2D eigenvalue weighted by molar-refractivity contribution is 0.0659. The highest BCUT2D eigenvalue weighted by Crippen LogP contribution is 2.12. The first-order chi connectivity index (χ1) is 6.65. The van der Waals surface area contributed by atoms with Crippen molar-refractivity contribution in [3.05, 3.63) is 35.4 Å². The van der Waals surface area contributed by atoms with Gasteiger partial charge in [-0.3, -0.25) is 0 Å². The molecular formula is C9H8F2O3. The number of benzene rings is 1. The summed E-state index contributed by atoms with van der Waals surface area (Å²) in [5, 5.41) is 0. The lowest BCUT2D eigenvalue weighted by atomic mass is 10.2. The molecule has 0 aromatic heterocycles. The normalized spacial score (nSPS) is 9.64. The van der Waals surface area contributed by atoms with Crippen LogP contribution < -0.4 is 0 Å². The average Bonchev–Trinajstić information content (AvgIpc) is 2.20. The van der Waals surface area contributed by atoms with Crippen LogP contribution in [0.2, 0.25) is 0 Å². The maximum atomic E-state index is 12.9. The van der Waals surface area contributed by atoms with E-state index in [0.29, 0.717) is 0 Å². The number of carbonyl (C=O) groups is 1. The van der Waals surface area contributed by atoms with Gasteiger partial charge < -0.3 is 9.47 Å². The number of halogens is 2. The van der Waals surface area contributed by atoms with Gasteiger partial charge in [0.15, 0.2) is 11.6 Å². The third-order valence-electron chi connectivity index (χ3n) is 1.54. The third-order valence-corrected chi connectivity index (χ3v) is 1.54. The highest BCUT2D eigenvalue weighted by molar-refractivity contribution is 5.59. The van der Waals surface area contributed by atoms with E-state index in [1.54, 1.807) is 0 Å². The van der Waals surface area contributed by atoms with Crippen molar-refractivity contribution >= 4 is 6.16 Å². The van der Waals surface area contributed by atoms with Crippen molar-refractivity contribution in [3.8, 4) is 0 Å². The molecule has 1 rings (SSSR count). The van der Waals surface area contributed by atoms with Crippen molar-refractivity contribution in [1.29, 1.82) is 0 Å². The summed E-state index contributed by atoms with van der Waals surface area (Å²) >= 11 is 0. The van der Waals surface area contributed by atoms with Crippen LogP contribution in [-0.2, 0) is 16.1 Å². The van der Waals surface area contributed by atoms with Gasteiger partial charge in [-0.1, -0.05) is 12.1 Å². The van der Waals surface area contributed by atoms with Crippen LogP contribution in [0.15, 0.2) is 18.2 Å². The van der Waals surface area contributed by atoms with Crippen LogP contribution in [0.25, 0.3) is 0 Å². The van der Waals surface area contributed by atoms with Crippen LogP contribution in [0.4, 0.5) is 13.6 Å². The molecule has 0 heterocycles. The van der Waals surface area contributed by atoms with Crippen molar-refractivity contribution in [2.75, 3.05) is 7.11 Å². The third kappa shape index (κ3) is 2.42. The second-order valence-electron chi connectivity index (χ2n) is 2.46. The summed E-state index contributed by atoms with van der Waals surface area (Å²) < 4.78 is 34.2. The highest BCUT2D eigenvalue weighted by Gasteiger charge is 2.09. The van der Waals surface area contributed by atoms with Crippen molar-refractivity contribution < 1.29 is 23.0 Å². The summed E-state index contributed by atoms with van der Waals surface area (Å²) in [7, 11) is 1.13. The van der Waals surface area contributed by atoms with Gasteiger partial charge in [0, 0.05) is 5.56 Å². The first-order valence-electron chi connectivity index (χ1n) is 3.78. The Morgan fingerprint density at radius 3 is 2.79 bits per heavy atom. The molecule has 0 amide bonds. The fourth-order valence-corrected chi connectivity index (χ4v) is 0.856. The second-order valence-corrected chi connectivity index (χ2v) is 2.46. The van der Waals surface area contributed by atoms with Crippen molar-refractivity contribution in [1.82, 2.24) is 0 Å². The van der Waals surface area contributed by atoms with E-state index in [1.165, 1.54) is 12.1 Å². The molecule has 0 saturated heterocycles. The second kappa shape index (κ2) is 4.55. The zero-order valence-corrected chi connectivity index (χ0v) is 7.42. The minimum absolute atomic E-state index is 0.0320. The number of hydrogen-bond acceptors (Lipinski definition) is 3. The molecule has 0 atom stereocenters. The molecule has 14 heavy (non-hydrogen) atoms. The monoisotopic (exact) mass is 202 g/mol. The van der Waals surface area contributed by atoms with Crippen LogP contribution >= 0.6 is 0 Å². The minimum atomic E-state index is -1.02. The van der Waals surface area contributed by atoms with E-state index < -0.39 is 17.8 Å². The van der Waals surface area contributed by atoms with Gasteiger partial charge in [-0.05, 0) is 6.07 Å². The Labute approximate surface area is 79.2 Å². The minimum Gasteiger partial charge on any atom is -0.438 e. The van der Waals surface area contributed by atoms with E-state index in [1.807, 2.05) is 0 Å². The van der Waals surface area contributed by atoms with E-state index in [9.17, 15) is 13.6 Å². The summed E-state index contributed by atoms with van der Waals surface area (Å²) in [6.07, 6.45) is -0.936. The molecule has 0 unspecified atom stereocenters. The molecule has 5 heteroatoms. The molecule has 0 radical (unpaired) electrons. The Kier molecular flexibility index (Phi) is 3.39. The van der Waals surface area contributed by atoms with Crippen molar-refractivity contribution in [2.45, 2.75) is 6.61 Å². The van der Waals surface area contributed by atoms with Gasteiger partial charge in [0.2, 0.25) is 0 Å². The predicted molar refractivity (Wildman–Crippen MR) is 43.6 cm³/mol. The maximum absolute atomic E-state index is 12.9. The molecule has 3 nitrogen and oxygen atoms in total. The molecule has 0 aliphatic carbocycles. The first kappa shape index (κ1) is 10.4. The zero-order valence-electron chi connectivity index (χ0n) is 7.42. The van der Waals surface area contributed by atoms with Crippen molar-refractivity contribution in [3.63, 3.8) is 0 Å². The Morgan fingerprint density at radius 2 is 2.14 bits per heavy atom. The van der Waals surface area contributed by atoms with Crippen LogP contribution in [0.1, 0.15) is 5.56 Å². The van der Waals surface area contributed by atoms with Crippen molar-refractivity contribution in [2.24, 2.45) is 0 Å². The van der Waals surface area contributed by atoms with Gasteiger partial charge in [-0.2, -0.15) is 0 Å². The fourth-order valence-electron chi connectivity index (χ4n) is 0.856. The maximum Gasteiger partial charge on any atom is 0.508 e. The summed E-state index contributed by atoms with van der Waals surface area (Å²) in [6, 6.07) is 3.63. The first-order valence-corrected chi connectivity index (χ1v) is 3.78. The van der Waals surface area contributed by atoms with Crippen LogP contribution in [0, 0.1) is 11.6 Å². The van der Waals surface area contributed by atoms with E-state index in [0.717, 1.165) is 13.2 Å². The highest BCUT2D eigenvalue weighted by atomic mass is 19.2. The molecule has 0 aliphatic heterocycles. The lowest BCUT2D eigenvalue weighted by Gasteiger charge is -2.04. The molecule has 0 aliphatic rings. The van der Waals surface area contributed by atoms with Gasteiger partial charge >= 0.3 is 6.16 Å². The van der Waals surface area contributed by atoms with E-state index in [2.05, 4.69) is 9.47 Å². The number of ether oxygens (including phenoxy) is 2. The van der Waals surface area contributed by atoms with E-state index >= 15 is 0 Å². The van der Waals surface area contributed by atoms with E-state index in [4.69, 9.17) is 0 Å². The summed E-state index contributed by atoms with van der Waals surface area (Å²) in [4.78, 5) is 10.5. The van der Waals surface area contributed by atoms with Crippen LogP contribution in [0.3, 0.4) is 0 Å². The topological polar surface area (TPSA) is 35.5 Å². The Bertz CT molecular complexity index is 339. The molecule has 0 bridgehead atoms. The van der Waals surface area contributed by atoms with Gasteiger partial charge in [-0.25, -0.2) is 13.6 Å². The smallest absolute Gasteiger partial charge is 0.438 e. The fraction of sp³-hybridized carbons (Fsp3) is 0.222. The molecule has 0 fully saturated rings. The molecular weight excluding hydrogens is 194 g/mol. The predicted octanol–water partition coefficient (Wildman–Crippen LogP) is 2.25. The summed E-state index contributed by atoms with van der Waals surface area (Å²) in [5.41, 5.74) is -0.0320. The van der Waals surface area contributed by atoms with Gasteiger partial charge in [0.25, 0.3) is 0 Å². The van der Waals surface area contributed by atoms with Crippen LogP contribution in [-0.4, -0.2) is 13.3 Å². The Balaban J connectivity index is 2.68.